The number of hydrogen-bond acceptors (Lipinski definition) is 4. The van der Waals surface area contributed by atoms with Crippen molar-refractivity contribution in [3.63, 3.8) is 0 Å². The molecule has 3 rings (SSSR count). The number of anilines is 1. The van der Waals surface area contributed by atoms with Gasteiger partial charge in [0.15, 0.2) is 0 Å². The third kappa shape index (κ3) is 4.54. The van der Waals surface area contributed by atoms with Gasteiger partial charge in [-0.1, -0.05) is 91.9 Å². The first kappa shape index (κ1) is 19.5. The molecule has 4 nitrogen and oxygen atoms in total. The fraction of sp³-hybridized carbons (Fsp3) is 0.174. The van der Waals surface area contributed by atoms with Crippen molar-refractivity contribution < 1.29 is 4.79 Å². The van der Waals surface area contributed by atoms with E-state index in [9.17, 15) is 10.1 Å². The van der Waals surface area contributed by atoms with Crippen LogP contribution >= 0.6 is 11.3 Å². The quantitative estimate of drug-likeness (QED) is 0.538. The second-order valence-electron chi connectivity index (χ2n) is 6.36. The van der Waals surface area contributed by atoms with E-state index in [1.165, 1.54) is 11.3 Å². The molecule has 0 unspecified atom stereocenters. The minimum absolute atomic E-state index is 0.0764. The molecule has 0 radical (unpaired) electrons. The van der Waals surface area contributed by atoms with Gasteiger partial charge in [0.2, 0.25) is 5.91 Å². The Kier molecular flexibility index (Phi) is 6.36. The van der Waals surface area contributed by atoms with Crippen molar-refractivity contribution in [2.24, 2.45) is 0 Å². The lowest BCUT2D eigenvalue weighted by atomic mass is 9.99. The summed E-state index contributed by atoms with van der Waals surface area (Å²) in [5.41, 5.74) is 3.24. The standard InChI is InChI=1S/C23H21N3OS/c1-3-20(27)25-23-21(18-12-8-5-9-13-18)26-22(28-23)19(15-24)14-16(2)17-10-6-4-7-11-17/h4-14,16H,3H2,1-2H3,(H,25,27)/b19-14+/t16-/m1/s1. The van der Waals surface area contributed by atoms with E-state index in [2.05, 4.69) is 18.3 Å². The van der Waals surface area contributed by atoms with Crippen molar-refractivity contribution in [3.8, 4) is 17.3 Å². The average Bonchev–Trinajstić information content (AvgIpc) is 3.16. The topological polar surface area (TPSA) is 65.8 Å². The molecule has 0 saturated heterocycles. The van der Waals surface area contributed by atoms with Crippen LogP contribution in [0.4, 0.5) is 5.00 Å². The van der Waals surface area contributed by atoms with Crippen LogP contribution in [-0.2, 0) is 4.79 Å². The highest BCUT2D eigenvalue weighted by Crippen LogP contribution is 2.36. The molecule has 0 aliphatic carbocycles. The first-order valence-electron chi connectivity index (χ1n) is 9.15. The third-order valence-corrected chi connectivity index (χ3v) is 5.35. The van der Waals surface area contributed by atoms with E-state index in [1.807, 2.05) is 73.7 Å². The Bertz CT molecular complexity index is 1020. The number of nitrogens with zero attached hydrogens (tertiary/aromatic N) is 2. The number of thiazole rings is 1. The number of benzene rings is 2. The lowest BCUT2D eigenvalue weighted by molar-refractivity contribution is -0.115. The van der Waals surface area contributed by atoms with Crippen LogP contribution in [0, 0.1) is 11.3 Å². The maximum absolute atomic E-state index is 12.0. The summed E-state index contributed by atoms with van der Waals surface area (Å²) < 4.78 is 0. The summed E-state index contributed by atoms with van der Waals surface area (Å²) in [7, 11) is 0. The van der Waals surface area contributed by atoms with Crippen molar-refractivity contribution in [2.45, 2.75) is 26.2 Å². The molecule has 1 amide bonds. The zero-order valence-electron chi connectivity index (χ0n) is 15.8. The second kappa shape index (κ2) is 9.12. The Morgan fingerprint density at radius 1 is 1.18 bits per heavy atom. The van der Waals surface area contributed by atoms with Crippen molar-refractivity contribution in [2.75, 3.05) is 5.32 Å². The predicted molar refractivity (Wildman–Crippen MR) is 115 cm³/mol. The Morgan fingerprint density at radius 3 is 2.43 bits per heavy atom. The number of aromatic nitrogens is 1. The number of hydrogen-bond donors (Lipinski definition) is 1. The highest BCUT2D eigenvalue weighted by molar-refractivity contribution is 7.17. The molecule has 0 spiro atoms. The van der Waals surface area contributed by atoms with Gasteiger partial charge in [-0.05, 0) is 5.56 Å². The fourth-order valence-electron chi connectivity index (χ4n) is 2.79. The van der Waals surface area contributed by atoms with Gasteiger partial charge < -0.3 is 5.32 Å². The molecular weight excluding hydrogens is 366 g/mol. The van der Waals surface area contributed by atoms with Crippen molar-refractivity contribution in [3.05, 3.63) is 77.3 Å². The largest absolute Gasteiger partial charge is 0.316 e. The van der Waals surface area contributed by atoms with Crippen LogP contribution in [0.3, 0.4) is 0 Å². The van der Waals surface area contributed by atoms with Crippen LogP contribution in [0.2, 0.25) is 0 Å². The third-order valence-electron chi connectivity index (χ3n) is 4.34. The fourth-order valence-corrected chi connectivity index (χ4v) is 3.76. The summed E-state index contributed by atoms with van der Waals surface area (Å²) in [4.78, 5) is 16.7. The van der Waals surface area contributed by atoms with E-state index in [-0.39, 0.29) is 11.8 Å². The van der Waals surface area contributed by atoms with Crippen molar-refractivity contribution >= 4 is 27.8 Å². The van der Waals surface area contributed by atoms with Gasteiger partial charge in [-0.25, -0.2) is 4.98 Å². The molecule has 140 valence electrons. The SMILES string of the molecule is CCC(=O)Nc1sc(/C(C#N)=C/[C@@H](C)c2ccccc2)nc1-c1ccccc1. The highest BCUT2D eigenvalue weighted by atomic mass is 32.1. The number of carbonyl (C=O) groups excluding carboxylic acids is 1. The minimum atomic E-state index is -0.0764. The van der Waals surface area contributed by atoms with E-state index in [0.717, 1.165) is 11.1 Å². The summed E-state index contributed by atoms with van der Waals surface area (Å²) in [6, 6.07) is 22.0. The van der Waals surface area contributed by atoms with E-state index in [1.54, 1.807) is 0 Å². The van der Waals surface area contributed by atoms with Crippen molar-refractivity contribution in [1.82, 2.24) is 4.98 Å². The van der Waals surface area contributed by atoms with Gasteiger partial charge in [-0.3, -0.25) is 4.79 Å². The molecule has 0 aliphatic rings. The van der Waals surface area contributed by atoms with Gasteiger partial charge in [0.05, 0.1) is 5.57 Å². The lowest BCUT2D eigenvalue weighted by Crippen LogP contribution is -2.08. The molecular formula is C23H21N3OS. The monoisotopic (exact) mass is 387 g/mol. The number of nitriles is 1. The second-order valence-corrected chi connectivity index (χ2v) is 7.36. The lowest BCUT2D eigenvalue weighted by Gasteiger charge is -2.06. The molecule has 1 N–H and O–H groups in total. The van der Waals surface area contributed by atoms with Crippen LogP contribution in [0.5, 0.6) is 0 Å². The molecule has 1 aromatic heterocycles. The zero-order valence-corrected chi connectivity index (χ0v) is 16.7. The summed E-state index contributed by atoms with van der Waals surface area (Å²) in [5, 5.41) is 13.9. The summed E-state index contributed by atoms with van der Waals surface area (Å²) in [6.07, 6.45) is 2.31. The number of allylic oxidation sites excluding steroid dienone is 2. The molecule has 1 heterocycles. The van der Waals surface area contributed by atoms with Gasteiger partial charge in [0.1, 0.15) is 21.8 Å². The number of carbonyl (C=O) groups is 1. The highest BCUT2D eigenvalue weighted by Gasteiger charge is 2.18. The average molecular weight is 388 g/mol. The van der Waals surface area contributed by atoms with Crippen LogP contribution in [-0.4, -0.2) is 10.9 Å². The van der Waals surface area contributed by atoms with Crippen LogP contribution in [0.1, 0.15) is 36.8 Å². The van der Waals surface area contributed by atoms with E-state index >= 15 is 0 Å². The summed E-state index contributed by atoms with van der Waals surface area (Å²) in [6.45, 7) is 3.86. The maximum Gasteiger partial charge on any atom is 0.224 e. The van der Waals surface area contributed by atoms with E-state index < -0.39 is 0 Å². The number of rotatable bonds is 6. The van der Waals surface area contributed by atoms with Crippen LogP contribution in [0.25, 0.3) is 16.8 Å². The minimum Gasteiger partial charge on any atom is -0.316 e. The smallest absolute Gasteiger partial charge is 0.224 e. The zero-order chi connectivity index (χ0) is 19.9. The van der Waals surface area contributed by atoms with Crippen LogP contribution < -0.4 is 5.32 Å². The normalized spacial score (nSPS) is 12.2. The van der Waals surface area contributed by atoms with Crippen molar-refractivity contribution in [1.29, 1.82) is 5.26 Å². The molecule has 3 aromatic rings. The van der Waals surface area contributed by atoms with Gasteiger partial charge in [-0.2, -0.15) is 5.26 Å². The van der Waals surface area contributed by atoms with E-state index in [0.29, 0.717) is 27.7 Å². The molecule has 2 aromatic carbocycles. The molecule has 0 fully saturated rings. The molecule has 0 saturated carbocycles. The number of amides is 1. The van der Waals surface area contributed by atoms with Gasteiger partial charge >= 0.3 is 0 Å². The van der Waals surface area contributed by atoms with Gasteiger partial charge in [0.25, 0.3) is 0 Å². The first-order valence-corrected chi connectivity index (χ1v) is 9.97. The number of nitrogens with one attached hydrogen (secondary N) is 1. The Balaban J connectivity index is 2.01. The van der Waals surface area contributed by atoms with Gasteiger partial charge in [-0.15, -0.1) is 0 Å². The maximum atomic E-state index is 12.0. The Labute approximate surface area is 169 Å². The van der Waals surface area contributed by atoms with Crippen LogP contribution in [0.15, 0.2) is 66.7 Å². The summed E-state index contributed by atoms with van der Waals surface area (Å²) >= 11 is 1.33. The molecule has 28 heavy (non-hydrogen) atoms. The van der Waals surface area contributed by atoms with Gasteiger partial charge in [0, 0.05) is 17.9 Å². The summed E-state index contributed by atoms with van der Waals surface area (Å²) in [5.74, 6) is 0.00105. The molecule has 0 bridgehead atoms. The Hall–Kier alpha value is -3.23. The molecule has 1 atom stereocenters. The Morgan fingerprint density at radius 2 is 1.82 bits per heavy atom. The van der Waals surface area contributed by atoms with E-state index in [4.69, 9.17) is 4.98 Å². The molecule has 0 aliphatic heterocycles. The first-order chi connectivity index (χ1) is 13.6. The molecule has 5 heteroatoms. The predicted octanol–water partition coefficient (Wildman–Crippen LogP) is 5.87.